The summed E-state index contributed by atoms with van der Waals surface area (Å²) in [6.07, 6.45) is -0.340. The van der Waals surface area contributed by atoms with Gasteiger partial charge in [-0.25, -0.2) is 9.59 Å². The first-order chi connectivity index (χ1) is 8.99. The number of benzene rings is 1. The summed E-state index contributed by atoms with van der Waals surface area (Å²) in [5.41, 5.74) is 0.855. The Morgan fingerprint density at radius 1 is 1.26 bits per heavy atom. The van der Waals surface area contributed by atoms with Crippen molar-refractivity contribution in [2.45, 2.75) is 32.9 Å². The lowest BCUT2D eigenvalue weighted by Gasteiger charge is -2.16. The number of carboxylic acids is 1. The maximum absolute atomic E-state index is 11.5. The van der Waals surface area contributed by atoms with Crippen molar-refractivity contribution in [2.75, 3.05) is 0 Å². The number of alkyl carbamates (subject to hydrolysis) is 1. The van der Waals surface area contributed by atoms with Crippen LogP contribution >= 0.6 is 0 Å². The molecule has 2 N–H and O–H groups in total. The van der Waals surface area contributed by atoms with Gasteiger partial charge in [-0.3, -0.25) is 0 Å². The second-order valence-corrected chi connectivity index (χ2v) is 4.73. The molecule has 1 amide bonds. The molecule has 1 aromatic rings. The van der Waals surface area contributed by atoms with E-state index in [1.54, 1.807) is 0 Å². The first-order valence-electron chi connectivity index (χ1n) is 6.19. The van der Waals surface area contributed by atoms with Crippen LogP contribution in [0.1, 0.15) is 25.8 Å². The Labute approximate surface area is 112 Å². The molecule has 0 spiro atoms. The normalized spacial score (nSPS) is 11.9. The zero-order chi connectivity index (χ0) is 14.3. The molecule has 1 aromatic carbocycles. The summed E-state index contributed by atoms with van der Waals surface area (Å²) in [4.78, 5) is 22.5. The number of amides is 1. The third kappa shape index (κ3) is 5.90. The number of carbonyl (C=O) groups is 2. The summed E-state index contributed by atoms with van der Waals surface area (Å²) in [5.74, 6) is -0.874. The molecule has 0 aliphatic heterocycles. The SMILES string of the molecule is CC(C)CC(NC(=O)OCc1ccccc1)C(=O)O. The zero-order valence-corrected chi connectivity index (χ0v) is 11.1. The van der Waals surface area contributed by atoms with E-state index >= 15 is 0 Å². The molecular weight excluding hydrogens is 246 g/mol. The van der Waals surface area contributed by atoms with Crippen molar-refractivity contribution in [3.05, 3.63) is 35.9 Å². The van der Waals surface area contributed by atoms with Crippen LogP contribution < -0.4 is 5.32 Å². The minimum Gasteiger partial charge on any atom is -0.480 e. The molecule has 0 aromatic heterocycles. The van der Waals surface area contributed by atoms with E-state index in [4.69, 9.17) is 9.84 Å². The number of hydrogen-bond donors (Lipinski definition) is 2. The molecule has 1 rings (SSSR count). The summed E-state index contributed by atoms with van der Waals surface area (Å²) in [6, 6.07) is 8.30. The third-order valence-electron chi connectivity index (χ3n) is 2.51. The van der Waals surface area contributed by atoms with Gasteiger partial charge < -0.3 is 15.2 Å². The Morgan fingerprint density at radius 2 is 1.89 bits per heavy atom. The van der Waals surface area contributed by atoms with Crippen LogP contribution in [0.2, 0.25) is 0 Å². The maximum atomic E-state index is 11.5. The molecule has 5 nitrogen and oxygen atoms in total. The highest BCUT2D eigenvalue weighted by Gasteiger charge is 2.21. The molecule has 0 fully saturated rings. The second-order valence-electron chi connectivity index (χ2n) is 4.73. The fraction of sp³-hybridized carbons (Fsp3) is 0.429. The van der Waals surface area contributed by atoms with E-state index in [1.807, 2.05) is 44.2 Å². The first-order valence-corrected chi connectivity index (χ1v) is 6.19. The van der Waals surface area contributed by atoms with E-state index in [0.717, 1.165) is 5.56 Å². The van der Waals surface area contributed by atoms with E-state index in [9.17, 15) is 9.59 Å². The Balaban J connectivity index is 2.42. The van der Waals surface area contributed by atoms with Gasteiger partial charge in [0.25, 0.3) is 0 Å². The van der Waals surface area contributed by atoms with Crippen LogP contribution in [-0.2, 0) is 16.1 Å². The summed E-state index contributed by atoms with van der Waals surface area (Å²) in [7, 11) is 0. The standard InChI is InChI=1S/C14H19NO4/c1-10(2)8-12(13(16)17)15-14(18)19-9-11-6-4-3-5-7-11/h3-7,10,12H,8-9H2,1-2H3,(H,15,18)(H,16,17). The lowest BCUT2D eigenvalue weighted by Crippen LogP contribution is -2.41. The van der Waals surface area contributed by atoms with Crippen LogP contribution in [0.25, 0.3) is 0 Å². The predicted octanol–water partition coefficient (Wildman–Crippen LogP) is 2.41. The lowest BCUT2D eigenvalue weighted by atomic mass is 10.0. The molecule has 0 radical (unpaired) electrons. The fourth-order valence-corrected chi connectivity index (χ4v) is 1.60. The largest absolute Gasteiger partial charge is 0.480 e. The zero-order valence-electron chi connectivity index (χ0n) is 11.1. The van der Waals surface area contributed by atoms with Crippen LogP contribution in [0.15, 0.2) is 30.3 Å². The number of rotatable bonds is 6. The number of hydrogen-bond acceptors (Lipinski definition) is 3. The van der Waals surface area contributed by atoms with Crippen molar-refractivity contribution >= 4 is 12.1 Å². The van der Waals surface area contributed by atoms with Crippen molar-refractivity contribution < 1.29 is 19.4 Å². The molecule has 0 saturated heterocycles. The Kier molecular flexibility index (Phi) is 5.85. The second kappa shape index (κ2) is 7.41. The summed E-state index contributed by atoms with van der Waals surface area (Å²) < 4.78 is 4.98. The molecule has 1 unspecified atom stereocenters. The van der Waals surface area contributed by atoms with Crippen molar-refractivity contribution in [3.8, 4) is 0 Å². The smallest absolute Gasteiger partial charge is 0.408 e. The fourth-order valence-electron chi connectivity index (χ4n) is 1.60. The molecule has 0 aliphatic rings. The third-order valence-corrected chi connectivity index (χ3v) is 2.51. The van der Waals surface area contributed by atoms with E-state index in [-0.39, 0.29) is 12.5 Å². The molecule has 5 heteroatoms. The minimum absolute atomic E-state index is 0.126. The Bertz CT molecular complexity index is 417. The molecule has 0 aliphatic carbocycles. The quantitative estimate of drug-likeness (QED) is 0.828. The van der Waals surface area contributed by atoms with Gasteiger partial charge in [-0.05, 0) is 17.9 Å². The van der Waals surface area contributed by atoms with Crippen molar-refractivity contribution in [1.29, 1.82) is 0 Å². The monoisotopic (exact) mass is 265 g/mol. The van der Waals surface area contributed by atoms with Gasteiger partial charge in [0.05, 0.1) is 0 Å². The Morgan fingerprint density at radius 3 is 2.42 bits per heavy atom. The average Bonchev–Trinajstić information content (AvgIpc) is 2.36. The van der Waals surface area contributed by atoms with Gasteiger partial charge in [-0.1, -0.05) is 44.2 Å². The van der Waals surface area contributed by atoms with E-state index in [2.05, 4.69) is 5.32 Å². The number of carboxylic acid groups (broad SMARTS) is 1. The molecule has 1 atom stereocenters. The molecule has 0 saturated carbocycles. The highest BCUT2D eigenvalue weighted by molar-refractivity contribution is 5.79. The van der Waals surface area contributed by atoms with E-state index < -0.39 is 18.1 Å². The summed E-state index contributed by atoms with van der Waals surface area (Å²) in [5, 5.41) is 11.3. The number of aliphatic carboxylic acids is 1. The van der Waals surface area contributed by atoms with Crippen molar-refractivity contribution in [1.82, 2.24) is 5.32 Å². The van der Waals surface area contributed by atoms with Gasteiger partial charge in [0.15, 0.2) is 0 Å². The highest BCUT2D eigenvalue weighted by Crippen LogP contribution is 2.06. The summed E-state index contributed by atoms with van der Waals surface area (Å²) in [6.45, 7) is 3.92. The van der Waals surface area contributed by atoms with Crippen LogP contribution in [0.5, 0.6) is 0 Å². The van der Waals surface area contributed by atoms with Crippen molar-refractivity contribution in [3.63, 3.8) is 0 Å². The molecule has 104 valence electrons. The molecule has 0 bridgehead atoms. The van der Waals surface area contributed by atoms with Gasteiger partial charge in [0.2, 0.25) is 0 Å². The first kappa shape index (κ1) is 15.0. The maximum Gasteiger partial charge on any atom is 0.408 e. The number of carbonyl (C=O) groups excluding carboxylic acids is 1. The predicted molar refractivity (Wildman–Crippen MR) is 70.6 cm³/mol. The number of nitrogens with one attached hydrogen (secondary N) is 1. The van der Waals surface area contributed by atoms with E-state index in [1.165, 1.54) is 0 Å². The average molecular weight is 265 g/mol. The minimum atomic E-state index is -1.05. The van der Waals surface area contributed by atoms with Gasteiger partial charge >= 0.3 is 12.1 Å². The molecule has 19 heavy (non-hydrogen) atoms. The van der Waals surface area contributed by atoms with Gasteiger partial charge in [0.1, 0.15) is 12.6 Å². The van der Waals surface area contributed by atoms with Crippen LogP contribution in [0.3, 0.4) is 0 Å². The Hall–Kier alpha value is -2.04. The van der Waals surface area contributed by atoms with Crippen LogP contribution in [0, 0.1) is 5.92 Å². The lowest BCUT2D eigenvalue weighted by molar-refractivity contribution is -0.139. The number of ether oxygens (including phenoxy) is 1. The van der Waals surface area contributed by atoms with Crippen molar-refractivity contribution in [2.24, 2.45) is 5.92 Å². The topological polar surface area (TPSA) is 75.6 Å². The highest BCUT2D eigenvalue weighted by atomic mass is 16.5. The molecular formula is C14H19NO4. The van der Waals surface area contributed by atoms with Crippen LogP contribution in [-0.4, -0.2) is 23.2 Å². The molecule has 0 heterocycles. The van der Waals surface area contributed by atoms with Crippen LogP contribution in [0.4, 0.5) is 4.79 Å². The summed E-state index contributed by atoms with van der Waals surface area (Å²) >= 11 is 0. The van der Waals surface area contributed by atoms with E-state index in [0.29, 0.717) is 6.42 Å². The van der Waals surface area contributed by atoms with Gasteiger partial charge in [0, 0.05) is 0 Å². The van der Waals surface area contributed by atoms with Gasteiger partial charge in [-0.15, -0.1) is 0 Å². The van der Waals surface area contributed by atoms with Gasteiger partial charge in [-0.2, -0.15) is 0 Å².